The molecular formula is C15H21NOS. The zero-order valence-corrected chi connectivity index (χ0v) is 11.7. The largest absolute Gasteiger partial charge is 0.338 e. The van der Waals surface area contributed by atoms with Gasteiger partial charge in [0, 0.05) is 18.0 Å². The van der Waals surface area contributed by atoms with Gasteiger partial charge < -0.3 is 4.90 Å². The summed E-state index contributed by atoms with van der Waals surface area (Å²) in [6.45, 7) is 1.92. The van der Waals surface area contributed by atoms with E-state index in [-0.39, 0.29) is 5.91 Å². The maximum atomic E-state index is 12.5. The number of likely N-dealkylation sites (tertiary alicyclic amines) is 1. The summed E-state index contributed by atoms with van der Waals surface area (Å²) in [6, 6.07) is 2.17. The fourth-order valence-corrected chi connectivity index (χ4v) is 4.25. The quantitative estimate of drug-likeness (QED) is 0.757. The van der Waals surface area contributed by atoms with Crippen molar-refractivity contribution in [2.75, 3.05) is 13.1 Å². The van der Waals surface area contributed by atoms with Gasteiger partial charge in [0.25, 0.3) is 5.91 Å². The Kier molecular flexibility index (Phi) is 3.69. The van der Waals surface area contributed by atoms with Crippen molar-refractivity contribution in [2.45, 2.75) is 51.4 Å². The van der Waals surface area contributed by atoms with Gasteiger partial charge in [-0.3, -0.25) is 4.79 Å². The van der Waals surface area contributed by atoms with Crippen LogP contribution in [-0.2, 0) is 12.8 Å². The van der Waals surface area contributed by atoms with Crippen LogP contribution in [0.4, 0.5) is 0 Å². The Morgan fingerprint density at radius 3 is 2.44 bits per heavy atom. The normalized spacial score (nSPS) is 20.3. The molecule has 0 atom stereocenters. The van der Waals surface area contributed by atoms with Gasteiger partial charge in [-0.25, -0.2) is 0 Å². The fourth-order valence-electron chi connectivity index (χ4n) is 3.03. The number of fused-ring (bicyclic) bond motifs is 1. The average molecular weight is 263 g/mol. The summed E-state index contributed by atoms with van der Waals surface area (Å²) in [4.78, 5) is 17.0. The lowest BCUT2D eigenvalue weighted by Crippen LogP contribution is -2.31. The molecule has 1 aromatic rings. The minimum Gasteiger partial charge on any atom is -0.338 e. The summed E-state index contributed by atoms with van der Waals surface area (Å²) >= 11 is 1.75. The van der Waals surface area contributed by atoms with Crippen LogP contribution in [0.5, 0.6) is 0 Å². The van der Waals surface area contributed by atoms with Gasteiger partial charge in [0.2, 0.25) is 0 Å². The second-order valence-electron chi connectivity index (χ2n) is 5.47. The van der Waals surface area contributed by atoms with Crippen molar-refractivity contribution in [3.05, 3.63) is 21.4 Å². The molecule has 1 amide bonds. The van der Waals surface area contributed by atoms with Gasteiger partial charge in [-0.2, -0.15) is 0 Å². The zero-order chi connectivity index (χ0) is 12.4. The molecule has 18 heavy (non-hydrogen) atoms. The van der Waals surface area contributed by atoms with Crippen molar-refractivity contribution in [1.82, 2.24) is 4.90 Å². The molecule has 3 rings (SSSR count). The number of carbonyl (C=O) groups excluding carboxylic acids is 1. The second-order valence-corrected chi connectivity index (χ2v) is 6.61. The van der Waals surface area contributed by atoms with E-state index in [1.54, 1.807) is 11.3 Å². The minimum absolute atomic E-state index is 0.288. The van der Waals surface area contributed by atoms with Crippen LogP contribution in [0, 0.1) is 0 Å². The number of aryl methyl sites for hydroxylation is 2. The average Bonchev–Trinajstić information content (AvgIpc) is 2.64. The molecule has 98 valence electrons. The lowest BCUT2D eigenvalue weighted by atomic mass is 9.99. The molecule has 0 saturated carbocycles. The van der Waals surface area contributed by atoms with Gasteiger partial charge in [-0.15, -0.1) is 11.3 Å². The van der Waals surface area contributed by atoms with E-state index < -0.39 is 0 Å². The molecule has 3 heteroatoms. The first-order valence-corrected chi connectivity index (χ1v) is 8.07. The van der Waals surface area contributed by atoms with Crippen molar-refractivity contribution < 1.29 is 4.79 Å². The maximum Gasteiger partial charge on any atom is 0.263 e. The number of thiophene rings is 1. The van der Waals surface area contributed by atoms with Crippen LogP contribution in [-0.4, -0.2) is 23.9 Å². The minimum atomic E-state index is 0.288. The molecule has 1 aromatic heterocycles. The van der Waals surface area contributed by atoms with Crippen LogP contribution in [0.2, 0.25) is 0 Å². The first-order valence-electron chi connectivity index (χ1n) is 7.25. The Hall–Kier alpha value is -0.830. The molecule has 1 fully saturated rings. The Morgan fingerprint density at radius 2 is 1.72 bits per heavy atom. The molecule has 2 aliphatic rings. The highest BCUT2D eigenvalue weighted by Crippen LogP contribution is 2.30. The third kappa shape index (κ3) is 2.46. The topological polar surface area (TPSA) is 20.3 Å². The fraction of sp³-hybridized carbons (Fsp3) is 0.667. The summed E-state index contributed by atoms with van der Waals surface area (Å²) in [5.74, 6) is 0.288. The van der Waals surface area contributed by atoms with Crippen molar-refractivity contribution >= 4 is 17.2 Å². The van der Waals surface area contributed by atoms with E-state index in [0.717, 1.165) is 18.0 Å². The number of rotatable bonds is 1. The molecular weight excluding hydrogens is 242 g/mol. The number of hydrogen-bond acceptors (Lipinski definition) is 2. The van der Waals surface area contributed by atoms with Crippen LogP contribution >= 0.6 is 11.3 Å². The molecule has 0 N–H and O–H groups in total. The van der Waals surface area contributed by atoms with Gasteiger partial charge in [0.1, 0.15) is 0 Å². The summed E-state index contributed by atoms with van der Waals surface area (Å²) in [5.41, 5.74) is 1.45. The van der Waals surface area contributed by atoms with E-state index in [2.05, 4.69) is 11.0 Å². The van der Waals surface area contributed by atoms with Crippen molar-refractivity contribution in [3.63, 3.8) is 0 Å². The lowest BCUT2D eigenvalue weighted by molar-refractivity contribution is 0.0766. The van der Waals surface area contributed by atoms with E-state index in [1.165, 1.54) is 61.8 Å². The number of amides is 1. The van der Waals surface area contributed by atoms with Crippen molar-refractivity contribution in [1.29, 1.82) is 0 Å². The third-order valence-corrected chi connectivity index (χ3v) is 5.33. The molecule has 1 aliphatic heterocycles. The Labute approximate surface area is 113 Å². The molecule has 1 saturated heterocycles. The van der Waals surface area contributed by atoms with Gasteiger partial charge in [-0.05, 0) is 50.2 Å². The molecule has 0 unspecified atom stereocenters. The van der Waals surface area contributed by atoms with Gasteiger partial charge in [0.15, 0.2) is 0 Å². The van der Waals surface area contributed by atoms with Crippen LogP contribution < -0.4 is 0 Å². The second kappa shape index (κ2) is 5.43. The standard InChI is InChI=1S/C15H21NOS/c17-15(16-9-5-1-2-6-10-16)14-11-12-7-3-4-8-13(12)18-14/h11H,1-10H2. The van der Waals surface area contributed by atoms with Crippen molar-refractivity contribution in [2.24, 2.45) is 0 Å². The SMILES string of the molecule is O=C(c1cc2c(s1)CCCC2)N1CCCCCC1. The first kappa shape index (κ1) is 12.2. The molecule has 0 aromatic carbocycles. The Balaban J connectivity index is 1.76. The predicted molar refractivity (Wildman–Crippen MR) is 75.3 cm³/mol. The number of hydrogen-bond donors (Lipinski definition) is 0. The Morgan fingerprint density at radius 1 is 1.00 bits per heavy atom. The highest BCUT2D eigenvalue weighted by molar-refractivity contribution is 7.14. The van der Waals surface area contributed by atoms with Crippen molar-refractivity contribution in [3.8, 4) is 0 Å². The van der Waals surface area contributed by atoms with Crippen LogP contribution in [0.1, 0.15) is 58.6 Å². The highest BCUT2D eigenvalue weighted by atomic mass is 32.1. The first-order chi connectivity index (χ1) is 8.84. The summed E-state index contributed by atoms with van der Waals surface area (Å²) in [5, 5.41) is 0. The van der Waals surface area contributed by atoms with Gasteiger partial charge in [-0.1, -0.05) is 12.8 Å². The van der Waals surface area contributed by atoms with E-state index in [0.29, 0.717) is 0 Å². The number of nitrogens with zero attached hydrogens (tertiary/aromatic N) is 1. The maximum absolute atomic E-state index is 12.5. The molecule has 0 bridgehead atoms. The van der Waals surface area contributed by atoms with E-state index in [1.807, 2.05) is 0 Å². The van der Waals surface area contributed by atoms with Crippen LogP contribution in [0.3, 0.4) is 0 Å². The van der Waals surface area contributed by atoms with E-state index in [4.69, 9.17) is 0 Å². The molecule has 1 aliphatic carbocycles. The Bertz CT molecular complexity index is 406. The van der Waals surface area contributed by atoms with E-state index in [9.17, 15) is 4.79 Å². The molecule has 2 nitrogen and oxygen atoms in total. The zero-order valence-electron chi connectivity index (χ0n) is 10.9. The van der Waals surface area contributed by atoms with Crippen LogP contribution in [0.25, 0.3) is 0 Å². The molecule has 0 radical (unpaired) electrons. The monoisotopic (exact) mass is 263 g/mol. The summed E-state index contributed by atoms with van der Waals surface area (Å²) in [6.07, 6.45) is 9.88. The highest BCUT2D eigenvalue weighted by Gasteiger charge is 2.22. The molecule has 2 heterocycles. The lowest BCUT2D eigenvalue weighted by Gasteiger charge is -2.19. The smallest absolute Gasteiger partial charge is 0.263 e. The van der Waals surface area contributed by atoms with E-state index >= 15 is 0 Å². The third-order valence-electron chi connectivity index (χ3n) is 4.10. The summed E-state index contributed by atoms with van der Waals surface area (Å²) < 4.78 is 0. The number of carbonyl (C=O) groups is 1. The predicted octanol–water partition coefficient (Wildman–Crippen LogP) is 3.64. The van der Waals surface area contributed by atoms with Gasteiger partial charge >= 0.3 is 0 Å². The van der Waals surface area contributed by atoms with Gasteiger partial charge in [0.05, 0.1) is 4.88 Å². The molecule has 0 spiro atoms. The summed E-state index contributed by atoms with van der Waals surface area (Å²) in [7, 11) is 0. The van der Waals surface area contributed by atoms with Crippen LogP contribution in [0.15, 0.2) is 6.07 Å².